The topological polar surface area (TPSA) is 127 Å². The zero-order valence-electron chi connectivity index (χ0n) is 15.8. The molecule has 156 valence electrons. The highest BCUT2D eigenvalue weighted by Gasteiger charge is 2.15. The van der Waals surface area contributed by atoms with E-state index in [1.807, 2.05) is 0 Å². The number of hydrogen-bond donors (Lipinski definition) is 2. The number of carbonyl (C=O) groups excluding carboxylic acids is 2. The predicted molar refractivity (Wildman–Crippen MR) is 117 cm³/mol. The summed E-state index contributed by atoms with van der Waals surface area (Å²) in [5.74, 6) is -0.784. The molecule has 0 atom stereocenters. The molecule has 10 heteroatoms. The highest BCUT2D eigenvalue weighted by Crippen LogP contribution is 2.15. The van der Waals surface area contributed by atoms with Gasteiger partial charge in [-0.25, -0.2) is 5.43 Å². The van der Waals surface area contributed by atoms with Gasteiger partial charge in [-0.2, -0.15) is 5.10 Å². The Kier molecular flexibility index (Phi) is 7.07. The second-order valence-electron chi connectivity index (χ2n) is 6.07. The molecule has 3 aromatic rings. The molecule has 0 aliphatic carbocycles. The smallest absolute Gasteiger partial charge is 0.287 e. The molecule has 3 rings (SSSR count). The first kappa shape index (κ1) is 21.7. The third kappa shape index (κ3) is 6.21. The van der Waals surface area contributed by atoms with Gasteiger partial charge in [0.15, 0.2) is 4.67 Å². The Bertz CT molecular complexity index is 1150. The maximum atomic E-state index is 12.6. The molecule has 2 N–H and O–H groups in total. The molecular weight excluding hydrogens is 468 g/mol. The van der Waals surface area contributed by atoms with Crippen molar-refractivity contribution >= 4 is 45.7 Å². The number of non-ortho nitro benzene ring substituents is 1. The molecule has 0 fully saturated rings. The predicted octanol–water partition coefficient (Wildman–Crippen LogP) is 3.87. The molecule has 2 aromatic carbocycles. The minimum Gasteiger partial charge on any atom is -0.448 e. The number of rotatable bonds is 7. The molecule has 0 bridgehead atoms. The minimum atomic E-state index is -0.690. The second-order valence-corrected chi connectivity index (χ2v) is 6.85. The van der Waals surface area contributed by atoms with Gasteiger partial charge in [-0.1, -0.05) is 18.2 Å². The number of furan rings is 1. The zero-order valence-corrected chi connectivity index (χ0v) is 17.4. The first-order valence-corrected chi connectivity index (χ1v) is 9.63. The average Bonchev–Trinajstić information content (AvgIpc) is 3.19. The molecule has 0 aliphatic rings. The molecule has 9 nitrogen and oxygen atoms in total. The first-order valence-electron chi connectivity index (χ1n) is 8.83. The van der Waals surface area contributed by atoms with Crippen molar-refractivity contribution in [2.75, 3.05) is 0 Å². The Morgan fingerprint density at radius 3 is 2.35 bits per heavy atom. The standard InChI is InChI=1S/C21H15BrN4O5/c22-19-11-10-17(31-19)13-23-25-21(28)18(24-20(27)15-4-2-1-3-5-15)12-14-6-8-16(9-7-14)26(29)30/h1-13H,(H,24,27)(H,25,28)/b18-12-,23-13?. The van der Waals surface area contributed by atoms with Crippen LogP contribution in [0.4, 0.5) is 5.69 Å². The second kappa shape index (κ2) is 10.1. The molecular formula is C21H15BrN4O5. The summed E-state index contributed by atoms with van der Waals surface area (Å²) < 4.78 is 5.76. The number of nitro benzene ring substituents is 1. The SMILES string of the molecule is O=C(NN=Cc1ccc(Br)o1)/C(=C/c1ccc([N+](=O)[O-])cc1)NC(=O)c1ccccc1. The Hall–Kier alpha value is -4.05. The summed E-state index contributed by atoms with van der Waals surface area (Å²) in [6.07, 6.45) is 2.68. The minimum absolute atomic E-state index is 0.0920. The normalized spacial score (nSPS) is 11.3. The van der Waals surface area contributed by atoms with Crippen LogP contribution in [0.3, 0.4) is 0 Å². The van der Waals surface area contributed by atoms with Crippen LogP contribution in [0.5, 0.6) is 0 Å². The molecule has 0 radical (unpaired) electrons. The largest absolute Gasteiger partial charge is 0.448 e. The van der Waals surface area contributed by atoms with Crippen LogP contribution < -0.4 is 10.7 Å². The van der Waals surface area contributed by atoms with Crippen molar-refractivity contribution in [3.63, 3.8) is 0 Å². The van der Waals surface area contributed by atoms with Gasteiger partial charge in [0.05, 0.1) is 11.1 Å². The summed E-state index contributed by atoms with van der Waals surface area (Å²) in [5, 5.41) is 17.2. The fourth-order valence-electron chi connectivity index (χ4n) is 2.41. The highest BCUT2D eigenvalue weighted by atomic mass is 79.9. The summed E-state index contributed by atoms with van der Waals surface area (Å²) in [4.78, 5) is 35.4. The van der Waals surface area contributed by atoms with Gasteiger partial charge < -0.3 is 9.73 Å². The molecule has 2 amide bonds. The van der Waals surface area contributed by atoms with Crippen LogP contribution >= 0.6 is 15.9 Å². The number of benzene rings is 2. The third-order valence-electron chi connectivity index (χ3n) is 3.90. The fraction of sp³-hybridized carbons (Fsp3) is 0. The van der Waals surface area contributed by atoms with Gasteiger partial charge in [-0.05, 0) is 64.0 Å². The summed E-state index contributed by atoms with van der Waals surface area (Å²) in [7, 11) is 0. The van der Waals surface area contributed by atoms with Crippen LogP contribution in [-0.2, 0) is 4.79 Å². The van der Waals surface area contributed by atoms with E-state index in [2.05, 4.69) is 31.8 Å². The van der Waals surface area contributed by atoms with E-state index in [0.29, 0.717) is 21.6 Å². The molecule has 31 heavy (non-hydrogen) atoms. The lowest BCUT2D eigenvalue weighted by Gasteiger charge is -2.09. The number of hydrogen-bond acceptors (Lipinski definition) is 6. The van der Waals surface area contributed by atoms with Crippen molar-refractivity contribution in [2.24, 2.45) is 5.10 Å². The number of halogens is 1. The van der Waals surface area contributed by atoms with Gasteiger partial charge in [0.1, 0.15) is 11.5 Å². The fourth-order valence-corrected chi connectivity index (χ4v) is 2.73. The lowest BCUT2D eigenvalue weighted by molar-refractivity contribution is -0.384. The maximum Gasteiger partial charge on any atom is 0.287 e. The Morgan fingerprint density at radius 1 is 1.03 bits per heavy atom. The summed E-state index contributed by atoms with van der Waals surface area (Å²) in [6, 6.07) is 17.2. The quantitative estimate of drug-likeness (QED) is 0.228. The van der Waals surface area contributed by atoms with Crippen molar-refractivity contribution in [1.82, 2.24) is 10.7 Å². The van der Waals surface area contributed by atoms with E-state index >= 15 is 0 Å². The number of nitrogens with zero attached hydrogens (tertiary/aromatic N) is 2. The number of nitro groups is 1. The Labute approximate surface area is 184 Å². The van der Waals surface area contributed by atoms with E-state index in [9.17, 15) is 19.7 Å². The first-order chi connectivity index (χ1) is 14.9. The number of carbonyl (C=O) groups is 2. The van der Waals surface area contributed by atoms with Crippen molar-refractivity contribution in [1.29, 1.82) is 0 Å². The van der Waals surface area contributed by atoms with Crippen molar-refractivity contribution in [2.45, 2.75) is 0 Å². The van der Waals surface area contributed by atoms with Crippen molar-refractivity contribution in [3.8, 4) is 0 Å². The van der Waals surface area contributed by atoms with Gasteiger partial charge in [0.25, 0.3) is 17.5 Å². The van der Waals surface area contributed by atoms with Gasteiger partial charge in [-0.3, -0.25) is 19.7 Å². The van der Waals surface area contributed by atoms with Gasteiger partial charge in [-0.15, -0.1) is 0 Å². The van der Waals surface area contributed by atoms with E-state index in [-0.39, 0.29) is 11.4 Å². The molecule has 0 saturated carbocycles. The maximum absolute atomic E-state index is 12.6. The van der Waals surface area contributed by atoms with Crippen LogP contribution in [0, 0.1) is 10.1 Å². The Balaban J connectivity index is 1.81. The molecule has 0 aliphatic heterocycles. The molecule has 0 unspecified atom stereocenters. The van der Waals surface area contributed by atoms with E-state index in [0.717, 1.165) is 0 Å². The van der Waals surface area contributed by atoms with E-state index in [1.54, 1.807) is 42.5 Å². The molecule has 0 saturated heterocycles. The summed E-state index contributed by atoms with van der Waals surface area (Å²) >= 11 is 3.16. The highest BCUT2D eigenvalue weighted by molar-refractivity contribution is 9.10. The molecule has 0 spiro atoms. The van der Waals surface area contributed by atoms with E-state index in [1.165, 1.54) is 36.6 Å². The Morgan fingerprint density at radius 2 is 1.74 bits per heavy atom. The van der Waals surface area contributed by atoms with Crippen molar-refractivity contribution in [3.05, 3.63) is 104 Å². The van der Waals surface area contributed by atoms with Crippen LogP contribution in [0.2, 0.25) is 0 Å². The summed E-state index contributed by atoms with van der Waals surface area (Å²) in [6.45, 7) is 0. The van der Waals surface area contributed by atoms with Gasteiger partial charge in [0, 0.05) is 17.7 Å². The number of nitrogens with one attached hydrogen (secondary N) is 2. The third-order valence-corrected chi connectivity index (χ3v) is 4.32. The average molecular weight is 483 g/mol. The summed E-state index contributed by atoms with van der Waals surface area (Å²) in [5.41, 5.74) is 2.95. The van der Waals surface area contributed by atoms with Gasteiger partial charge in [0.2, 0.25) is 0 Å². The van der Waals surface area contributed by atoms with Crippen LogP contribution in [-0.4, -0.2) is 23.0 Å². The van der Waals surface area contributed by atoms with E-state index < -0.39 is 16.7 Å². The lowest BCUT2D eigenvalue weighted by atomic mass is 10.1. The van der Waals surface area contributed by atoms with E-state index in [4.69, 9.17) is 4.42 Å². The van der Waals surface area contributed by atoms with Crippen molar-refractivity contribution < 1.29 is 18.9 Å². The van der Waals surface area contributed by atoms with Gasteiger partial charge >= 0.3 is 0 Å². The lowest BCUT2D eigenvalue weighted by Crippen LogP contribution is -2.32. The number of amides is 2. The zero-order chi connectivity index (χ0) is 22.2. The van der Waals surface area contributed by atoms with Crippen LogP contribution in [0.1, 0.15) is 21.7 Å². The molecule has 1 heterocycles. The molecule has 1 aromatic heterocycles. The number of hydrazone groups is 1. The monoisotopic (exact) mass is 482 g/mol. The van der Waals surface area contributed by atoms with Crippen LogP contribution in [0.25, 0.3) is 6.08 Å². The van der Waals surface area contributed by atoms with Crippen LogP contribution in [0.15, 0.2) is 86.6 Å².